The Balaban J connectivity index is 2.93. The van der Waals surface area contributed by atoms with Gasteiger partial charge in [0.05, 0.1) is 5.70 Å². The fourth-order valence-electron chi connectivity index (χ4n) is 1.03. The van der Waals surface area contributed by atoms with Gasteiger partial charge in [0.1, 0.15) is 11.5 Å². The van der Waals surface area contributed by atoms with Crippen LogP contribution in [0.2, 0.25) is 5.02 Å². The lowest BCUT2D eigenvalue weighted by molar-refractivity contribution is 1.51. The van der Waals surface area contributed by atoms with Crippen LogP contribution in [0.4, 0.5) is 5.69 Å². The van der Waals surface area contributed by atoms with Gasteiger partial charge in [-0.05, 0) is 25.1 Å². The van der Waals surface area contributed by atoms with Crippen LogP contribution in [0.5, 0.6) is 0 Å². The van der Waals surface area contributed by atoms with Crippen LogP contribution >= 0.6 is 23.2 Å². The van der Waals surface area contributed by atoms with E-state index in [1.807, 2.05) is 0 Å². The summed E-state index contributed by atoms with van der Waals surface area (Å²) in [7, 11) is 0. The molecule has 1 aromatic carbocycles. The number of halogens is 2. The number of aliphatic imine (C=N–C) groups is 2. The van der Waals surface area contributed by atoms with Crippen LogP contribution in [-0.2, 0) is 0 Å². The first-order chi connectivity index (χ1) is 7.50. The van der Waals surface area contributed by atoms with Crippen molar-refractivity contribution in [3.8, 4) is 0 Å². The van der Waals surface area contributed by atoms with Gasteiger partial charge in [-0.1, -0.05) is 29.8 Å². The second kappa shape index (κ2) is 5.68. The molecule has 5 heteroatoms. The number of nitrogens with two attached hydrogens (primary N) is 1. The Morgan fingerprint density at radius 2 is 2.19 bits per heavy atom. The Hall–Kier alpha value is -1.32. The van der Waals surface area contributed by atoms with E-state index in [1.54, 1.807) is 25.1 Å². The zero-order valence-corrected chi connectivity index (χ0v) is 10.3. The molecular formula is C11H11Cl2N3. The monoisotopic (exact) mass is 255 g/mol. The van der Waals surface area contributed by atoms with Crippen molar-refractivity contribution in [2.75, 3.05) is 5.73 Å². The molecule has 0 atom stereocenters. The van der Waals surface area contributed by atoms with E-state index in [4.69, 9.17) is 28.9 Å². The van der Waals surface area contributed by atoms with Crippen molar-refractivity contribution in [3.05, 3.63) is 35.4 Å². The molecule has 0 aliphatic heterocycles. The summed E-state index contributed by atoms with van der Waals surface area (Å²) in [5.41, 5.74) is 7.51. The van der Waals surface area contributed by atoms with Crippen molar-refractivity contribution in [1.29, 1.82) is 0 Å². The average Bonchev–Trinajstić information content (AvgIpc) is 2.21. The van der Waals surface area contributed by atoms with Crippen LogP contribution in [0.15, 0.2) is 34.8 Å². The number of anilines is 1. The quantitative estimate of drug-likeness (QED) is 0.501. The normalized spacial score (nSPS) is 12.1. The van der Waals surface area contributed by atoms with Crippen molar-refractivity contribution in [3.63, 3.8) is 0 Å². The Bertz CT molecular complexity index is 460. The zero-order chi connectivity index (χ0) is 12.1. The van der Waals surface area contributed by atoms with Crippen molar-refractivity contribution in [2.24, 2.45) is 9.98 Å². The maximum absolute atomic E-state index is 5.85. The van der Waals surface area contributed by atoms with E-state index in [0.717, 1.165) is 0 Å². The minimum absolute atomic E-state index is 0.399. The summed E-state index contributed by atoms with van der Waals surface area (Å²) in [5, 5.41) is 0.980. The van der Waals surface area contributed by atoms with Gasteiger partial charge in [0.2, 0.25) is 0 Å². The smallest absolute Gasteiger partial charge is 0.117 e. The van der Waals surface area contributed by atoms with E-state index >= 15 is 0 Å². The van der Waals surface area contributed by atoms with Gasteiger partial charge in [0.15, 0.2) is 0 Å². The molecule has 2 N–H and O–H groups in total. The van der Waals surface area contributed by atoms with Crippen LogP contribution in [0.3, 0.4) is 0 Å². The number of hydrogen-bond donors (Lipinski definition) is 1. The van der Waals surface area contributed by atoms with Crippen molar-refractivity contribution in [2.45, 2.75) is 6.92 Å². The van der Waals surface area contributed by atoms with Gasteiger partial charge in [0, 0.05) is 16.3 Å². The molecule has 0 bridgehead atoms. The first-order valence-corrected chi connectivity index (χ1v) is 5.23. The lowest BCUT2D eigenvalue weighted by Crippen LogP contribution is -1.92. The molecule has 0 aliphatic carbocycles. The minimum Gasteiger partial charge on any atom is -0.398 e. The van der Waals surface area contributed by atoms with E-state index in [2.05, 4.69) is 16.6 Å². The molecule has 3 nitrogen and oxygen atoms in total. The largest absolute Gasteiger partial charge is 0.398 e. The molecule has 0 spiro atoms. The molecule has 16 heavy (non-hydrogen) atoms. The molecule has 0 fully saturated rings. The standard InChI is InChI=1S/C11H11Cl2N3/c1-7(15-6-16-8(2)12)10-5-9(13)3-4-11(10)14/h3-6H,1,14H2,2H3/b15-6-,16-8+. The summed E-state index contributed by atoms with van der Waals surface area (Å²) in [6.45, 7) is 5.43. The molecule has 0 radical (unpaired) electrons. The molecule has 0 unspecified atom stereocenters. The average molecular weight is 256 g/mol. The highest BCUT2D eigenvalue weighted by atomic mass is 35.5. The maximum Gasteiger partial charge on any atom is 0.117 e. The zero-order valence-electron chi connectivity index (χ0n) is 8.74. The third kappa shape index (κ3) is 3.68. The predicted octanol–water partition coefficient (Wildman–Crippen LogP) is 3.58. The van der Waals surface area contributed by atoms with Gasteiger partial charge in [0.25, 0.3) is 0 Å². The highest BCUT2D eigenvalue weighted by molar-refractivity contribution is 6.65. The third-order valence-corrected chi connectivity index (χ3v) is 2.11. The fraction of sp³-hybridized carbons (Fsp3) is 0.0909. The summed E-state index contributed by atoms with van der Waals surface area (Å²) >= 11 is 11.4. The topological polar surface area (TPSA) is 50.7 Å². The molecule has 0 aromatic heterocycles. The van der Waals surface area contributed by atoms with Gasteiger partial charge in [-0.25, -0.2) is 9.98 Å². The second-order valence-corrected chi connectivity index (χ2v) is 4.03. The highest BCUT2D eigenvalue weighted by Gasteiger charge is 2.02. The van der Waals surface area contributed by atoms with Gasteiger partial charge in [-0.3, -0.25) is 0 Å². The summed E-state index contributed by atoms with van der Waals surface area (Å²) in [5.74, 6) is 0. The van der Waals surface area contributed by atoms with Crippen molar-refractivity contribution in [1.82, 2.24) is 0 Å². The van der Waals surface area contributed by atoms with Gasteiger partial charge in [-0.15, -0.1) is 0 Å². The molecule has 0 saturated carbocycles. The molecule has 1 rings (SSSR count). The molecule has 0 aliphatic rings. The SMILES string of the molecule is C=C(/N=C\N=C(/C)Cl)c1cc(Cl)ccc1N. The first kappa shape index (κ1) is 12.7. The number of rotatable bonds is 3. The van der Waals surface area contributed by atoms with Crippen LogP contribution in [0.25, 0.3) is 5.70 Å². The number of benzene rings is 1. The van der Waals surface area contributed by atoms with Crippen LogP contribution in [0, 0.1) is 0 Å². The van der Waals surface area contributed by atoms with Crippen molar-refractivity contribution < 1.29 is 0 Å². The predicted molar refractivity (Wildman–Crippen MR) is 72.4 cm³/mol. The van der Waals surface area contributed by atoms with E-state index < -0.39 is 0 Å². The Morgan fingerprint density at radius 3 is 2.81 bits per heavy atom. The van der Waals surface area contributed by atoms with Crippen molar-refractivity contribution >= 4 is 46.1 Å². The number of nitrogen functional groups attached to an aromatic ring is 1. The number of nitrogens with zero attached hydrogens (tertiary/aromatic N) is 2. The molecule has 0 heterocycles. The minimum atomic E-state index is 0.399. The fourth-order valence-corrected chi connectivity index (χ4v) is 1.24. The van der Waals surface area contributed by atoms with Gasteiger partial charge in [-0.2, -0.15) is 0 Å². The van der Waals surface area contributed by atoms with Crippen LogP contribution in [0.1, 0.15) is 12.5 Å². The molecule has 84 valence electrons. The molecule has 0 saturated heterocycles. The molecule has 0 amide bonds. The maximum atomic E-state index is 5.85. The lowest BCUT2D eigenvalue weighted by atomic mass is 10.1. The lowest BCUT2D eigenvalue weighted by Gasteiger charge is -2.04. The summed E-state index contributed by atoms with van der Waals surface area (Å²) in [6, 6.07) is 5.11. The highest BCUT2D eigenvalue weighted by Crippen LogP contribution is 2.24. The first-order valence-electron chi connectivity index (χ1n) is 4.47. The van der Waals surface area contributed by atoms with E-state index in [1.165, 1.54) is 6.34 Å². The van der Waals surface area contributed by atoms with E-state index in [9.17, 15) is 0 Å². The summed E-state index contributed by atoms with van der Waals surface area (Å²) < 4.78 is 0. The number of hydrogen-bond acceptors (Lipinski definition) is 2. The Kier molecular flexibility index (Phi) is 4.52. The molecular weight excluding hydrogens is 245 g/mol. The third-order valence-electron chi connectivity index (χ3n) is 1.78. The molecule has 1 aromatic rings. The van der Waals surface area contributed by atoms with Gasteiger partial charge < -0.3 is 5.73 Å². The van der Waals surface area contributed by atoms with E-state index in [0.29, 0.717) is 27.1 Å². The summed E-state index contributed by atoms with van der Waals surface area (Å²) in [6.07, 6.45) is 1.32. The van der Waals surface area contributed by atoms with Crippen LogP contribution in [-0.4, -0.2) is 11.5 Å². The van der Waals surface area contributed by atoms with Gasteiger partial charge >= 0.3 is 0 Å². The Labute approximate surface area is 104 Å². The second-order valence-electron chi connectivity index (χ2n) is 3.05. The summed E-state index contributed by atoms with van der Waals surface area (Å²) in [4.78, 5) is 7.80. The Morgan fingerprint density at radius 1 is 1.50 bits per heavy atom. The van der Waals surface area contributed by atoms with Crippen LogP contribution < -0.4 is 5.73 Å². The van der Waals surface area contributed by atoms with E-state index in [-0.39, 0.29) is 0 Å².